The summed E-state index contributed by atoms with van der Waals surface area (Å²) in [4.78, 5) is 0. The van der Waals surface area contributed by atoms with Gasteiger partial charge in [-0.3, -0.25) is 0 Å². The zero-order valence-corrected chi connectivity index (χ0v) is 8.47. The highest BCUT2D eigenvalue weighted by atomic mass is 16.6. The first-order valence-electron chi connectivity index (χ1n) is 5.12. The lowest BCUT2D eigenvalue weighted by Crippen LogP contribution is -2.14. The quantitative estimate of drug-likeness (QED) is 0.708. The molecule has 15 heavy (non-hydrogen) atoms. The van der Waals surface area contributed by atoms with Crippen LogP contribution in [0.25, 0.3) is 10.8 Å². The Morgan fingerprint density at radius 3 is 2.47 bits per heavy atom. The molecule has 0 aliphatic carbocycles. The number of hydrogen-bond donors (Lipinski definition) is 1. The van der Waals surface area contributed by atoms with Gasteiger partial charge in [0, 0.05) is 5.56 Å². The highest BCUT2D eigenvalue weighted by Crippen LogP contribution is 2.39. The van der Waals surface area contributed by atoms with Gasteiger partial charge in [-0.1, -0.05) is 36.4 Å². The second-order valence-electron chi connectivity index (χ2n) is 3.92. The van der Waals surface area contributed by atoms with Crippen molar-refractivity contribution in [1.82, 2.24) is 0 Å². The Morgan fingerprint density at radius 2 is 1.73 bits per heavy atom. The Balaban J connectivity index is 2.45. The van der Waals surface area contributed by atoms with Gasteiger partial charge >= 0.3 is 0 Å². The van der Waals surface area contributed by atoms with Crippen molar-refractivity contribution in [1.29, 1.82) is 0 Å². The Morgan fingerprint density at radius 1 is 1.07 bits per heavy atom. The molecule has 76 valence electrons. The van der Waals surface area contributed by atoms with Crippen molar-refractivity contribution < 1.29 is 9.84 Å². The van der Waals surface area contributed by atoms with Crippen LogP contribution in [0.5, 0.6) is 0 Å². The smallest absolute Gasteiger partial charge is 0.182 e. The normalized spacial score (nSPS) is 24.4. The number of aliphatic hydroxyl groups excluding tert-OH is 1. The molecular weight excluding hydrogens is 188 g/mol. The molecule has 0 bridgehead atoms. The summed E-state index contributed by atoms with van der Waals surface area (Å²) in [6.45, 7) is 1.97. The molecule has 0 fully saturated rings. The van der Waals surface area contributed by atoms with Crippen LogP contribution in [0.4, 0.5) is 0 Å². The van der Waals surface area contributed by atoms with Gasteiger partial charge in [0.05, 0.1) is 6.10 Å². The summed E-state index contributed by atoms with van der Waals surface area (Å²) in [6.07, 6.45) is -0.836. The Kier molecular flexibility index (Phi) is 1.81. The molecule has 1 aliphatic rings. The number of rotatable bonds is 0. The Bertz CT molecular complexity index is 476. The van der Waals surface area contributed by atoms with E-state index in [4.69, 9.17) is 4.74 Å². The van der Waals surface area contributed by atoms with Crippen LogP contribution in [-0.4, -0.2) is 5.11 Å². The maximum atomic E-state index is 9.82. The van der Waals surface area contributed by atoms with E-state index in [9.17, 15) is 5.11 Å². The fourth-order valence-corrected chi connectivity index (χ4v) is 2.28. The first-order valence-corrected chi connectivity index (χ1v) is 5.12. The molecule has 2 aromatic rings. The Labute approximate surface area is 88.1 Å². The fraction of sp³-hybridized carbons (Fsp3) is 0.231. The molecule has 0 spiro atoms. The van der Waals surface area contributed by atoms with Crippen LogP contribution in [0, 0.1) is 0 Å². The molecule has 2 heteroatoms. The summed E-state index contributed by atoms with van der Waals surface area (Å²) in [5.41, 5.74) is 2.04. The maximum Gasteiger partial charge on any atom is 0.182 e. The van der Waals surface area contributed by atoms with Crippen LogP contribution in [0.3, 0.4) is 0 Å². The van der Waals surface area contributed by atoms with Crippen molar-refractivity contribution in [2.24, 2.45) is 0 Å². The molecule has 0 amide bonds. The largest absolute Gasteiger partial charge is 0.364 e. The van der Waals surface area contributed by atoms with Gasteiger partial charge in [-0.25, -0.2) is 0 Å². The molecule has 2 nitrogen and oxygen atoms in total. The van der Waals surface area contributed by atoms with Crippen LogP contribution in [-0.2, 0) is 4.74 Å². The molecular formula is C13H12O2. The summed E-state index contributed by atoms with van der Waals surface area (Å²) < 4.78 is 5.46. The summed E-state index contributed by atoms with van der Waals surface area (Å²) in [6, 6.07) is 12.1. The van der Waals surface area contributed by atoms with Gasteiger partial charge in [0.2, 0.25) is 0 Å². The van der Waals surface area contributed by atoms with Gasteiger partial charge in [0.25, 0.3) is 0 Å². The van der Waals surface area contributed by atoms with E-state index in [2.05, 4.69) is 18.2 Å². The van der Waals surface area contributed by atoms with E-state index in [0.717, 1.165) is 16.5 Å². The van der Waals surface area contributed by atoms with Gasteiger partial charge in [0.15, 0.2) is 6.29 Å². The molecule has 0 saturated carbocycles. The summed E-state index contributed by atoms with van der Waals surface area (Å²) in [5, 5.41) is 12.1. The third-order valence-corrected chi connectivity index (χ3v) is 3.01. The van der Waals surface area contributed by atoms with E-state index < -0.39 is 6.29 Å². The van der Waals surface area contributed by atoms with E-state index in [-0.39, 0.29) is 6.10 Å². The average molecular weight is 200 g/mol. The van der Waals surface area contributed by atoms with Crippen LogP contribution in [0.15, 0.2) is 36.4 Å². The van der Waals surface area contributed by atoms with E-state index >= 15 is 0 Å². The first-order chi connectivity index (χ1) is 7.27. The maximum absolute atomic E-state index is 9.82. The number of aliphatic hydroxyl groups is 1. The molecule has 1 heterocycles. The number of ether oxygens (including phenoxy) is 1. The number of hydrogen-bond acceptors (Lipinski definition) is 2. The van der Waals surface area contributed by atoms with Crippen molar-refractivity contribution >= 4 is 10.8 Å². The van der Waals surface area contributed by atoms with Crippen LogP contribution < -0.4 is 0 Å². The lowest BCUT2D eigenvalue weighted by molar-refractivity contribution is -0.139. The van der Waals surface area contributed by atoms with Gasteiger partial charge < -0.3 is 9.84 Å². The predicted molar refractivity (Wildman–Crippen MR) is 58.4 cm³/mol. The van der Waals surface area contributed by atoms with Gasteiger partial charge in [-0.05, 0) is 23.3 Å². The number of benzene rings is 2. The minimum absolute atomic E-state index is 0.0430. The van der Waals surface area contributed by atoms with E-state index in [0.29, 0.717) is 0 Å². The topological polar surface area (TPSA) is 29.5 Å². The fourth-order valence-electron chi connectivity index (χ4n) is 2.28. The minimum atomic E-state index is -0.793. The van der Waals surface area contributed by atoms with Crippen LogP contribution in [0.2, 0.25) is 0 Å². The molecule has 0 saturated heterocycles. The Hall–Kier alpha value is -1.38. The highest BCUT2D eigenvalue weighted by molar-refractivity contribution is 5.89. The SMILES string of the molecule is CC1OC(O)c2cccc3cccc1c23. The van der Waals surface area contributed by atoms with Crippen molar-refractivity contribution in [3.05, 3.63) is 47.5 Å². The van der Waals surface area contributed by atoms with Crippen molar-refractivity contribution in [3.8, 4) is 0 Å². The minimum Gasteiger partial charge on any atom is -0.364 e. The zero-order valence-electron chi connectivity index (χ0n) is 8.47. The molecule has 1 N–H and O–H groups in total. The highest BCUT2D eigenvalue weighted by Gasteiger charge is 2.24. The van der Waals surface area contributed by atoms with Crippen LogP contribution in [0.1, 0.15) is 30.4 Å². The van der Waals surface area contributed by atoms with Gasteiger partial charge in [0.1, 0.15) is 0 Å². The third-order valence-electron chi connectivity index (χ3n) is 3.01. The average Bonchev–Trinajstić information content (AvgIpc) is 2.25. The summed E-state index contributed by atoms with van der Waals surface area (Å²) in [5.74, 6) is 0. The summed E-state index contributed by atoms with van der Waals surface area (Å²) >= 11 is 0. The van der Waals surface area contributed by atoms with Crippen LogP contribution >= 0.6 is 0 Å². The van der Waals surface area contributed by atoms with Crippen molar-refractivity contribution in [2.45, 2.75) is 19.3 Å². The standard InChI is InChI=1S/C13H12O2/c1-8-10-6-2-4-9-5-3-7-11(12(9)10)13(14)15-8/h2-8,13-14H,1H3. The molecule has 0 aromatic heterocycles. The van der Waals surface area contributed by atoms with Crippen molar-refractivity contribution in [3.63, 3.8) is 0 Å². The van der Waals surface area contributed by atoms with E-state index in [1.807, 2.05) is 25.1 Å². The molecule has 1 aliphatic heterocycles. The summed E-state index contributed by atoms with van der Waals surface area (Å²) in [7, 11) is 0. The second kappa shape index (κ2) is 3.05. The molecule has 2 unspecified atom stereocenters. The van der Waals surface area contributed by atoms with E-state index in [1.54, 1.807) is 0 Å². The molecule has 0 radical (unpaired) electrons. The van der Waals surface area contributed by atoms with E-state index in [1.165, 1.54) is 5.39 Å². The second-order valence-corrected chi connectivity index (χ2v) is 3.92. The van der Waals surface area contributed by atoms with Crippen molar-refractivity contribution in [2.75, 3.05) is 0 Å². The van der Waals surface area contributed by atoms with Gasteiger partial charge in [-0.2, -0.15) is 0 Å². The zero-order chi connectivity index (χ0) is 10.4. The third kappa shape index (κ3) is 1.19. The molecule has 2 aromatic carbocycles. The first kappa shape index (κ1) is 8.89. The molecule has 2 atom stereocenters. The predicted octanol–water partition coefficient (Wildman–Crippen LogP) is 2.92. The van der Waals surface area contributed by atoms with Gasteiger partial charge in [-0.15, -0.1) is 0 Å². The lowest BCUT2D eigenvalue weighted by atomic mass is 9.94. The lowest BCUT2D eigenvalue weighted by Gasteiger charge is -2.27. The molecule has 3 rings (SSSR count). The monoisotopic (exact) mass is 200 g/mol.